The first-order valence-electron chi connectivity index (χ1n) is 9.69. The molecule has 0 aliphatic heterocycles. The van der Waals surface area contributed by atoms with Gasteiger partial charge in [-0.25, -0.2) is 4.39 Å². The van der Waals surface area contributed by atoms with E-state index in [1.54, 1.807) is 29.2 Å². The van der Waals surface area contributed by atoms with Crippen molar-refractivity contribution in [3.8, 4) is 0 Å². The second-order valence-electron chi connectivity index (χ2n) is 6.70. The molecule has 0 heterocycles. The van der Waals surface area contributed by atoms with E-state index in [-0.39, 0.29) is 29.9 Å². The van der Waals surface area contributed by atoms with Crippen LogP contribution < -0.4 is 5.32 Å². The number of halogens is 3. The Morgan fingerprint density at radius 2 is 1.83 bits per heavy atom. The van der Waals surface area contributed by atoms with Crippen LogP contribution in [0.2, 0.25) is 10.0 Å². The minimum absolute atomic E-state index is 0.160. The summed E-state index contributed by atoms with van der Waals surface area (Å²) >= 11 is 13.5. The molecule has 2 amide bonds. The van der Waals surface area contributed by atoms with Gasteiger partial charge < -0.3 is 10.2 Å². The predicted octanol–water partition coefficient (Wildman–Crippen LogP) is 5.31. The Hall–Kier alpha value is -1.76. The normalized spacial score (nSPS) is 11.8. The van der Waals surface area contributed by atoms with E-state index < -0.39 is 6.04 Å². The third kappa shape index (κ3) is 7.18. The topological polar surface area (TPSA) is 49.4 Å². The van der Waals surface area contributed by atoms with Crippen LogP contribution in [0, 0.1) is 5.82 Å². The molecule has 8 heteroatoms. The van der Waals surface area contributed by atoms with Gasteiger partial charge in [-0.3, -0.25) is 9.59 Å². The van der Waals surface area contributed by atoms with Gasteiger partial charge >= 0.3 is 0 Å². The summed E-state index contributed by atoms with van der Waals surface area (Å²) in [6, 6.07) is 10.6. The Kier molecular flexibility index (Phi) is 9.95. The number of benzene rings is 2. The molecule has 2 aromatic carbocycles. The van der Waals surface area contributed by atoms with Crippen molar-refractivity contribution in [2.45, 2.75) is 38.6 Å². The Morgan fingerprint density at radius 1 is 1.13 bits per heavy atom. The van der Waals surface area contributed by atoms with Crippen LogP contribution in [0.3, 0.4) is 0 Å². The largest absolute Gasteiger partial charge is 0.355 e. The zero-order chi connectivity index (χ0) is 22.1. The van der Waals surface area contributed by atoms with Crippen molar-refractivity contribution >= 4 is 46.8 Å². The Balaban J connectivity index is 2.11. The minimum atomic E-state index is -0.595. The second-order valence-corrected chi connectivity index (χ2v) is 8.52. The van der Waals surface area contributed by atoms with Crippen LogP contribution in [-0.4, -0.2) is 35.1 Å². The lowest BCUT2D eigenvalue weighted by Crippen LogP contribution is -2.49. The quantitative estimate of drug-likeness (QED) is 0.511. The van der Waals surface area contributed by atoms with Gasteiger partial charge in [-0.15, -0.1) is 11.8 Å². The second kappa shape index (κ2) is 12.2. The van der Waals surface area contributed by atoms with Crippen LogP contribution in [0.15, 0.2) is 42.5 Å². The molecule has 0 aliphatic rings. The van der Waals surface area contributed by atoms with E-state index in [9.17, 15) is 14.0 Å². The van der Waals surface area contributed by atoms with Gasteiger partial charge in [0.05, 0.1) is 5.75 Å². The number of nitrogens with one attached hydrogen (secondary N) is 1. The molecule has 0 radical (unpaired) electrons. The van der Waals surface area contributed by atoms with Crippen molar-refractivity contribution in [3.63, 3.8) is 0 Å². The number of thioether (sulfide) groups is 1. The average Bonchev–Trinajstić information content (AvgIpc) is 2.71. The molecule has 0 aliphatic carbocycles. The maximum Gasteiger partial charge on any atom is 0.242 e. The molecule has 30 heavy (non-hydrogen) atoms. The van der Waals surface area contributed by atoms with Gasteiger partial charge in [0.1, 0.15) is 11.9 Å². The lowest BCUT2D eigenvalue weighted by Gasteiger charge is -2.30. The fourth-order valence-corrected chi connectivity index (χ4v) is 4.44. The third-order valence-electron chi connectivity index (χ3n) is 4.50. The van der Waals surface area contributed by atoms with E-state index in [1.165, 1.54) is 23.9 Å². The van der Waals surface area contributed by atoms with Gasteiger partial charge in [0.25, 0.3) is 0 Å². The fraction of sp³-hybridized carbons (Fsp3) is 0.364. The summed E-state index contributed by atoms with van der Waals surface area (Å²) in [7, 11) is 0. The highest BCUT2D eigenvalue weighted by Gasteiger charge is 2.28. The van der Waals surface area contributed by atoms with Crippen LogP contribution in [0.25, 0.3) is 0 Å². The van der Waals surface area contributed by atoms with Crippen LogP contribution in [0.5, 0.6) is 0 Å². The number of carbonyl (C=O) groups excluding carboxylic acids is 2. The van der Waals surface area contributed by atoms with Crippen molar-refractivity contribution < 1.29 is 14.0 Å². The van der Waals surface area contributed by atoms with Gasteiger partial charge in [0, 0.05) is 28.9 Å². The van der Waals surface area contributed by atoms with E-state index in [2.05, 4.69) is 5.32 Å². The number of carbonyl (C=O) groups is 2. The van der Waals surface area contributed by atoms with Gasteiger partial charge in [-0.1, -0.05) is 48.3 Å². The van der Waals surface area contributed by atoms with Crippen molar-refractivity contribution in [1.29, 1.82) is 0 Å². The number of rotatable bonds is 10. The van der Waals surface area contributed by atoms with Crippen molar-refractivity contribution in [2.75, 3.05) is 12.3 Å². The maximum absolute atomic E-state index is 13.3. The summed E-state index contributed by atoms with van der Waals surface area (Å²) in [4.78, 5) is 27.1. The first kappa shape index (κ1) is 24.5. The lowest BCUT2D eigenvalue weighted by molar-refractivity contribution is -0.139. The molecular formula is C22H25Cl2FN2O2S. The van der Waals surface area contributed by atoms with Crippen molar-refractivity contribution in [3.05, 3.63) is 69.5 Å². The van der Waals surface area contributed by atoms with E-state index in [1.807, 2.05) is 19.9 Å². The molecule has 2 rings (SSSR count). The Labute approximate surface area is 191 Å². The number of likely N-dealkylation sites (N-methyl/N-ethyl adjacent to an activating group) is 1. The highest BCUT2D eigenvalue weighted by atomic mass is 35.5. The average molecular weight is 471 g/mol. The highest BCUT2D eigenvalue weighted by molar-refractivity contribution is 7.99. The fourth-order valence-electron chi connectivity index (χ4n) is 2.97. The molecule has 162 valence electrons. The van der Waals surface area contributed by atoms with Gasteiger partial charge in [-0.2, -0.15) is 0 Å². The Bertz CT molecular complexity index is 865. The monoisotopic (exact) mass is 470 g/mol. The SMILES string of the molecule is CCNC(=O)[C@@H](CC)N(Cc1ccc(F)cc1)C(=O)CSCc1ccc(Cl)cc1Cl. The zero-order valence-electron chi connectivity index (χ0n) is 17.0. The predicted molar refractivity (Wildman–Crippen MR) is 122 cm³/mol. The summed E-state index contributed by atoms with van der Waals surface area (Å²) in [6.45, 7) is 4.42. The molecule has 0 saturated heterocycles. The van der Waals surface area contributed by atoms with Crippen LogP contribution >= 0.6 is 35.0 Å². The highest BCUT2D eigenvalue weighted by Crippen LogP contribution is 2.25. The molecule has 1 N–H and O–H groups in total. The van der Waals surface area contributed by atoms with Crippen LogP contribution in [0.1, 0.15) is 31.4 Å². The molecule has 0 aromatic heterocycles. The molecular weight excluding hydrogens is 446 g/mol. The van der Waals surface area contributed by atoms with Gasteiger partial charge in [0.2, 0.25) is 11.8 Å². The molecule has 2 aromatic rings. The number of nitrogens with zero attached hydrogens (tertiary/aromatic N) is 1. The number of amides is 2. The van der Waals surface area contributed by atoms with Crippen LogP contribution in [0.4, 0.5) is 4.39 Å². The van der Waals surface area contributed by atoms with E-state index in [4.69, 9.17) is 23.2 Å². The van der Waals surface area contributed by atoms with E-state index in [0.29, 0.717) is 28.8 Å². The summed E-state index contributed by atoms with van der Waals surface area (Å²) in [5.74, 6) is 0.0386. The van der Waals surface area contributed by atoms with Gasteiger partial charge in [-0.05, 0) is 48.7 Å². The zero-order valence-corrected chi connectivity index (χ0v) is 19.3. The first-order valence-corrected chi connectivity index (χ1v) is 11.6. The molecule has 4 nitrogen and oxygen atoms in total. The molecule has 0 bridgehead atoms. The Morgan fingerprint density at radius 3 is 2.43 bits per heavy atom. The summed E-state index contributed by atoms with van der Waals surface area (Å²) < 4.78 is 13.3. The smallest absolute Gasteiger partial charge is 0.242 e. The van der Waals surface area contributed by atoms with Crippen molar-refractivity contribution in [2.24, 2.45) is 0 Å². The van der Waals surface area contributed by atoms with E-state index in [0.717, 1.165) is 11.1 Å². The first-order chi connectivity index (χ1) is 14.3. The summed E-state index contributed by atoms with van der Waals surface area (Å²) in [6.07, 6.45) is 0.479. The maximum atomic E-state index is 13.3. The molecule has 1 atom stereocenters. The summed E-state index contributed by atoms with van der Waals surface area (Å²) in [5.41, 5.74) is 1.65. The molecule has 0 fully saturated rings. The summed E-state index contributed by atoms with van der Waals surface area (Å²) in [5, 5.41) is 3.91. The van der Waals surface area contributed by atoms with Crippen LogP contribution in [-0.2, 0) is 21.9 Å². The molecule has 0 spiro atoms. The van der Waals surface area contributed by atoms with Gasteiger partial charge in [0.15, 0.2) is 0 Å². The molecule has 0 saturated carbocycles. The standard InChI is InChI=1S/C22H25Cl2FN2O2S/c1-3-20(22(29)26-4-2)27(12-15-5-9-18(25)10-6-15)21(28)14-30-13-16-7-8-17(23)11-19(16)24/h5-11,20H,3-4,12-14H2,1-2H3,(H,26,29)/t20-/m1/s1. The molecule has 0 unspecified atom stereocenters. The minimum Gasteiger partial charge on any atom is -0.355 e. The lowest BCUT2D eigenvalue weighted by atomic mass is 10.1. The third-order valence-corrected chi connectivity index (χ3v) is 6.05. The number of hydrogen-bond acceptors (Lipinski definition) is 3. The van der Waals surface area contributed by atoms with Crippen molar-refractivity contribution in [1.82, 2.24) is 10.2 Å². The van der Waals surface area contributed by atoms with E-state index >= 15 is 0 Å². The number of hydrogen-bond donors (Lipinski definition) is 1.